The minimum absolute atomic E-state index is 0.0267. The van der Waals surface area contributed by atoms with Gasteiger partial charge in [-0.3, -0.25) is 0 Å². The van der Waals surface area contributed by atoms with E-state index in [0.717, 1.165) is 18.4 Å². The Morgan fingerprint density at radius 2 is 1.88 bits per heavy atom. The van der Waals surface area contributed by atoms with Crippen LogP contribution in [0.15, 0.2) is 24.3 Å². The monoisotopic (exact) mass is 243 g/mol. The molecular weight excluding hydrogens is 227 g/mol. The predicted octanol–water partition coefficient (Wildman–Crippen LogP) is 3.33. The first-order valence-corrected chi connectivity index (χ1v) is 5.82. The number of hydrogen-bond donors (Lipinski definition) is 1. The third-order valence-corrected chi connectivity index (χ3v) is 3.93. The summed E-state index contributed by atoms with van der Waals surface area (Å²) in [6.07, 6.45) is -2.33. The standard InChI is InChI=1S/C13H16F3N/c1-2-12(7-11(12)8-17)9-3-5-10(6-4-9)13(14,15)16/h3-6,11H,2,7-8,17H2,1H3/t11-,12?/m0/s1. The quantitative estimate of drug-likeness (QED) is 0.865. The highest BCUT2D eigenvalue weighted by atomic mass is 19.4. The van der Waals surface area contributed by atoms with E-state index in [1.807, 2.05) is 0 Å². The lowest BCUT2D eigenvalue weighted by Gasteiger charge is -2.16. The molecule has 1 nitrogen and oxygen atoms in total. The average molecular weight is 243 g/mol. The van der Waals surface area contributed by atoms with Crippen LogP contribution in [0.5, 0.6) is 0 Å². The van der Waals surface area contributed by atoms with Crippen molar-refractivity contribution in [3.63, 3.8) is 0 Å². The van der Waals surface area contributed by atoms with Gasteiger partial charge in [0.2, 0.25) is 0 Å². The van der Waals surface area contributed by atoms with E-state index in [9.17, 15) is 13.2 Å². The second-order valence-corrected chi connectivity index (χ2v) is 4.72. The minimum atomic E-state index is -4.26. The second kappa shape index (κ2) is 4.02. The Labute approximate surface area is 98.8 Å². The topological polar surface area (TPSA) is 26.0 Å². The van der Waals surface area contributed by atoms with Crippen LogP contribution >= 0.6 is 0 Å². The lowest BCUT2D eigenvalue weighted by atomic mass is 9.90. The van der Waals surface area contributed by atoms with Gasteiger partial charge in [0.1, 0.15) is 0 Å². The predicted molar refractivity (Wildman–Crippen MR) is 60.6 cm³/mol. The van der Waals surface area contributed by atoms with Crippen molar-refractivity contribution >= 4 is 0 Å². The van der Waals surface area contributed by atoms with Gasteiger partial charge in [-0.1, -0.05) is 19.1 Å². The van der Waals surface area contributed by atoms with Crippen LogP contribution < -0.4 is 5.73 Å². The maximum atomic E-state index is 12.4. The zero-order valence-corrected chi connectivity index (χ0v) is 9.72. The molecule has 1 saturated carbocycles. The van der Waals surface area contributed by atoms with Crippen LogP contribution in [0.25, 0.3) is 0 Å². The van der Waals surface area contributed by atoms with Crippen LogP contribution in [0.2, 0.25) is 0 Å². The van der Waals surface area contributed by atoms with Crippen LogP contribution in [-0.2, 0) is 11.6 Å². The minimum Gasteiger partial charge on any atom is -0.330 e. The molecule has 1 aliphatic carbocycles. The second-order valence-electron chi connectivity index (χ2n) is 4.72. The van der Waals surface area contributed by atoms with Gasteiger partial charge in [0.15, 0.2) is 0 Å². The van der Waals surface area contributed by atoms with Gasteiger partial charge in [-0.2, -0.15) is 13.2 Å². The molecule has 4 heteroatoms. The number of benzene rings is 1. The van der Waals surface area contributed by atoms with E-state index < -0.39 is 11.7 Å². The van der Waals surface area contributed by atoms with Crippen LogP contribution in [-0.4, -0.2) is 6.54 Å². The zero-order valence-electron chi connectivity index (χ0n) is 9.72. The molecule has 0 heterocycles. The number of alkyl halides is 3. The first-order valence-electron chi connectivity index (χ1n) is 5.82. The molecule has 0 aliphatic heterocycles. The summed E-state index contributed by atoms with van der Waals surface area (Å²) in [6.45, 7) is 2.67. The van der Waals surface area contributed by atoms with Crippen LogP contribution in [0.4, 0.5) is 13.2 Å². The molecule has 0 bridgehead atoms. The average Bonchev–Trinajstić information content (AvgIpc) is 3.03. The van der Waals surface area contributed by atoms with Gasteiger partial charge < -0.3 is 5.73 Å². The van der Waals surface area contributed by atoms with Crippen LogP contribution in [0, 0.1) is 5.92 Å². The third-order valence-electron chi connectivity index (χ3n) is 3.93. The number of nitrogens with two attached hydrogens (primary N) is 1. The highest BCUT2D eigenvalue weighted by Crippen LogP contribution is 2.56. The Balaban J connectivity index is 2.25. The summed E-state index contributed by atoms with van der Waals surface area (Å²) < 4.78 is 37.3. The molecule has 1 aliphatic rings. The highest BCUT2D eigenvalue weighted by Gasteiger charge is 2.52. The van der Waals surface area contributed by atoms with Crippen molar-refractivity contribution in [2.45, 2.75) is 31.4 Å². The van der Waals surface area contributed by atoms with Crippen molar-refractivity contribution in [2.24, 2.45) is 11.7 Å². The Kier molecular flexibility index (Phi) is 2.94. The van der Waals surface area contributed by atoms with Gasteiger partial charge in [0.05, 0.1) is 5.56 Å². The molecule has 17 heavy (non-hydrogen) atoms. The molecule has 0 radical (unpaired) electrons. The number of hydrogen-bond acceptors (Lipinski definition) is 1. The van der Waals surface area contributed by atoms with E-state index in [4.69, 9.17) is 5.73 Å². The van der Waals surface area contributed by atoms with E-state index in [-0.39, 0.29) is 5.41 Å². The van der Waals surface area contributed by atoms with Gasteiger partial charge in [0.25, 0.3) is 0 Å². The summed E-state index contributed by atoms with van der Waals surface area (Å²) >= 11 is 0. The van der Waals surface area contributed by atoms with Gasteiger partial charge in [-0.15, -0.1) is 0 Å². The zero-order chi connectivity index (χ0) is 12.7. The lowest BCUT2D eigenvalue weighted by molar-refractivity contribution is -0.137. The SMILES string of the molecule is CCC1(c2ccc(C(F)(F)F)cc2)C[C@H]1CN. The van der Waals surface area contributed by atoms with Crippen LogP contribution in [0.1, 0.15) is 30.9 Å². The number of halogens is 3. The molecule has 2 atom stereocenters. The van der Waals surface area contributed by atoms with Gasteiger partial charge in [0, 0.05) is 0 Å². The van der Waals surface area contributed by atoms with Crippen molar-refractivity contribution in [1.82, 2.24) is 0 Å². The molecule has 0 spiro atoms. The smallest absolute Gasteiger partial charge is 0.330 e. The largest absolute Gasteiger partial charge is 0.416 e. The fourth-order valence-corrected chi connectivity index (χ4v) is 2.67. The first-order chi connectivity index (χ1) is 7.94. The Morgan fingerprint density at radius 3 is 2.24 bits per heavy atom. The van der Waals surface area contributed by atoms with Crippen molar-refractivity contribution in [1.29, 1.82) is 0 Å². The van der Waals surface area contributed by atoms with Crippen LogP contribution in [0.3, 0.4) is 0 Å². The summed E-state index contributed by atoms with van der Waals surface area (Å²) in [4.78, 5) is 0. The summed E-state index contributed by atoms with van der Waals surface area (Å²) in [5.74, 6) is 0.421. The number of rotatable bonds is 3. The van der Waals surface area contributed by atoms with E-state index >= 15 is 0 Å². The molecule has 1 aromatic rings. The summed E-state index contributed by atoms with van der Waals surface area (Å²) in [7, 11) is 0. The summed E-state index contributed by atoms with van der Waals surface area (Å²) in [5, 5.41) is 0. The molecule has 2 N–H and O–H groups in total. The first kappa shape index (κ1) is 12.4. The Morgan fingerprint density at radius 1 is 1.29 bits per heavy atom. The Bertz CT molecular complexity index is 396. The van der Waals surface area contributed by atoms with E-state index in [1.165, 1.54) is 12.1 Å². The third kappa shape index (κ3) is 2.06. The van der Waals surface area contributed by atoms with Gasteiger partial charge >= 0.3 is 6.18 Å². The maximum Gasteiger partial charge on any atom is 0.416 e. The fraction of sp³-hybridized carbons (Fsp3) is 0.538. The molecular formula is C13H16F3N. The van der Waals surface area contributed by atoms with E-state index in [1.54, 1.807) is 12.1 Å². The fourth-order valence-electron chi connectivity index (χ4n) is 2.67. The van der Waals surface area contributed by atoms with E-state index in [0.29, 0.717) is 12.5 Å². The van der Waals surface area contributed by atoms with E-state index in [2.05, 4.69) is 6.92 Å². The van der Waals surface area contributed by atoms with Crippen molar-refractivity contribution < 1.29 is 13.2 Å². The molecule has 2 rings (SSSR count). The van der Waals surface area contributed by atoms with Crippen molar-refractivity contribution in [3.8, 4) is 0 Å². The maximum absolute atomic E-state index is 12.4. The summed E-state index contributed by atoms with van der Waals surface area (Å²) in [5.41, 5.74) is 6.07. The molecule has 1 unspecified atom stereocenters. The lowest BCUT2D eigenvalue weighted by Crippen LogP contribution is -2.15. The van der Waals surface area contributed by atoms with Crippen molar-refractivity contribution in [2.75, 3.05) is 6.54 Å². The molecule has 0 saturated heterocycles. The normalized spacial score (nSPS) is 28.2. The van der Waals surface area contributed by atoms with Gasteiger partial charge in [-0.05, 0) is 48.4 Å². The molecule has 0 aromatic heterocycles. The molecule has 0 amide bonds. The summed E-state index contributed by atoms with van der Waals surface area (Å²) in [6, 6.07) is 5.53. The molecule has 94 valence electrons. The molecule has 1 fully saturated rings. The van der Waals surface area contributed by atoms with Gasteiger partial charge in [-0.25, -0.2) is 0 Å². The van der Waals surface area contributed by atoms with Crippen molar-refractivity contribution in [3.05, 3.63) is 35.4 Å². The molecule has 1 aromatic carbocycles. The Hall–Kier alpha value is -1.03. The highest BCUT2D eigenvalue weighted by molar-refractivity contribution is 5.36.